The van der Waals surface area contributed by atoms with Crippen LogP contribution in [0.4, 0.5) is 0 Å². The Labute approximate surface area is 128 Å². The summed E-state index contributed by atoms with van der Waals surface area (Å²) in [5.74, 6) is 0.794. The Balaban J connectivity index is 1.68. The number of nitriles is 1. The second-order valence-electron chi connectivity index (χ2n) is 6.51. The van der Waals surface area contributed by atoms with E-state index in [4.69, 9.17) is 5.26 Å². The third kappa shape index (κ3) is 3.28. The number of nitrogens with zero attached hydrogens (tertiary/aromatic N) is 2. The van der Waals surface area contributed by atoms with Gasteiger partial charge in [0, 0.05) is 18.6 Å². The molecule has 3 unspecified atom stereocenters. The molecule has 3 nitrogen and oxygen atoms in total. The summed E-state index contributed by atoms with van der Waals surface area (Å²) in [5, 5.41) is 12.7. The Kier molecular flexibility index (Phi) is 4.57. The molecule has 21 heavy (non-hydrogen) atoms. The Hall–Kier alpha value is -1.37. The number of hydrogen-bond donors (Lipinski definition) is 1. The van der Waals surface area contributed by atoms with E-state index in [1.165, 1.54) is 50.9 Å². The van der Waals surface area contributed by atoms with Gasteiger partial charge in [0.25, 0.3) is 0 Å². The maximum Gasteiger partial charge on any atom is 0.0991 e. The lowest BCUT2D eigenvalue weighted by molar-refractivity contribution is 0.115. The topological polar surface area (TPSA) is 39.1 Å². The number of likely N-dealkylation sites (tertiary alicyclic amines) is 1. The minimum absolute atomic E-state index is 0.405. The van der Waals surface area contributed by atoms with E-state index in [0.717, 1.165) is 17.5 Å². The molecule has 2 heterocycles. The van der Waals surface area contributed by atoms with Gasteiger partial charge >= 0.3 is 0 Å². The van der Waals surface area contributed by atoms with Crippen molar-refractivity contribution in [2.75, 3.05) is 19.6 Å². The maximum atomic E-state index is 9.07. The third-order valence-corrected chi connectivity index (χ3v) is 5.20. The molecule has 2 aliphatic heterocycles. The Morgan fingerprint density at radius 2 is 2.24 bits per heavy atom. The fourth-order valence-electron chi connectivity index (χ4n) is 3.91. The van der Waals surface area contributed by atoms with Gasteiger partial charge in [-0.3, -0.25) is 4.90 Å². The highest BCUT2D eigenvalue weighted by molar-refractivity contribution is 5.34. The first-order chi connectivity index (χ1) is 10.3. The quantitative estimate of drug-likeness (QED) is 0.926. The predicted molar refractivity (Wildman–Crippen MR) is 84.9 cm³/mol. The summed E-state index contributed by atoms with van der Waals surface area (Å²) in [7, 11) is 0. The van der Waals surface area contributed by atoms with Gasteiger partial charge in [-0.15, -0.1) is 0 Å². The molecule has 1 aromatic carbocycles. The van der Waals surface area contributed by atoms with Crippen LogP contribution in [0.3, 0.4) is 0 Å². The van der Waals surface area contributed by atoms with Crippen molar-refractivity contribution in [2.45, 2.75) is 44.7 Å². The van der Waals surface area contributed by atoms with Crippen LogP contribution >= 0.6 is 0 Å². The smallest absolute Gasteiger partial charge is 0.0991 e. The van der Waals surface area contributed by atoms with Crippen molar-refractivity contribution >= 4 is 0 Å². The third-order valence-electron chi connectivity index (χ3n) is 5.20. The molecular formula is C18H25N3. The summed E-state index contributed by atoms with van der Waals surface area (Å²) in [5.41, 5.74) is 2.04. The molecule has 3 rings (SSSR count). The molecule has 0 radical (unpaired) electrons. The average Bonchev–Trinajstić information content (AvgIpc) is 3.09. The molecule has 0 bridgehead atoms. The highest BCUT2D eigenvalue weighted by atomic mass is 15.2. The van der Waals surface area contributed by atoms with Crippen molar-refractivity contribution in [1.29, 1.82) is 5.26 Å². The zero-order valence-electron chi connectivity index (χ0n) is 12.9. The van der Waals surface area contributed by atoms with E-state index in [-0.39, 0.29) is 0 Å². The van der Waals surface area contributed by atoms with E-state index in [1.54, 1.807) is 0 Å². The molecule has 2 saturated heterocycles. The van der Waals surface area contributed by atoms with Crippen molar-refractivity contribution in [1.82, 2.24) is 10.2 Å². The van der Waals surface area contributed by atoms with Crippen LogP contribution in [-0.2, 0) is 0 Å². The first-order valence-corrected chi connectivity index (χ1v) is 8.25. The Morgan fingerprint density at radius 3 is 3.00 bits per heavy atom. The van der Waals surface area contributed by atoms with Crippen LogP contribution in [0, 0.1) is 17.2 Å². The number of rotatable bonds is 3. The number of piperidine rings is 1. The Morgan fingerprint density at radius 1 is 1.33 bits per heavy atom. The highest BCUT2D eigenvalue weighted by Gasteiger charge is 2.30. The first kappa shape index (κ1) is 14.6. The summed E-state index contributed by atoms with van der Waals surface area (Å²) in [6.07, 6.45) is 5.34. The van der Waals surface area contributed by atoms with Crippen molar-refractivity contribution < 1.29 is 0 Å². The van der Waals surface area contributed by atoms with Crippen LogP contribution in [-0.4, -0.2) is 30.6 Å². The number of nitrogens with one attached hydrogen (secondary N) is 1. The molecule has 0 aliphatic carbocycles. The molecule has 0 spiro atoms. The molecule has 3 atom stereocenters. The first-order valence-electron chi connectivity index (χ1n) is 8.25. The zero-order chi connectivity index (χ0) is 14.7. The van der Waals surface area contributed by atoms with Gasteiger partial charge in [-0.2, -0.15) is 5.26 Å². The van der Waals surface area contributed by atoms with E-state index in [0.29, 0.717) is 6.04 Å². The van der Waals surface area contributed by atoms with Crippen LogP contribution in [0.1, 0.15) is 49.8 Å². The largest absolute Gasteiger partial charge is 0.314 e. The molecule has 0 amide bonds. The average molecular weight is 283 g/mol. The summed E-state index contributed by atoms with van der Waals surface area (Å²) >= 11 is 0. The second kappa shape index (κ2) is 6.60. The van der Waals surface area contributed by atoms with Crippen molar-refractivity contribution in [3.63, 3.8) is 0 Å². The molecule has 0 saturated carbocycles. The molecule has 112 valence electrons. The fraction of sp³-hybridized carbons (Fsp3) is 0.611. The van der Waals surface area contributed by atoms with Crippen LogP contribution in [0.2, 0.25) is 0 Å². The van der Waals surface area contributed by atoms with E-state index in [1.807, 2.05) is 18.2 Å². The highest BCUT2D eigenvalue weighted by Crippen LogP contribution is 2.30. The molecule has 2 aliphatic rings. The SMILES string of the molecule is CC(c1cccc(C#N)c1)N1CCCC(C2CCCN2)C1. The predicted octanol–water partition coefficient (Wildman–Crippen LogP) is 3.08. The van der Waals surface area contributed by atoms with Crippen molar-refractivity contribution in [3.8, 4) is 6.07 Å². The van der Waals surface area contributed by atoms with Gasteiger partial charge in [0.05, 0.1) is 11.6 Å². The normalized spacial score (nSPS) is 28.2. The van der Waals surface area contributed by atoms with Crippen molar-refractivity contribution in [3.05, 3.63) is 35.4 Å². The van der Waals surface area contributed by atoms with Crippen LogP contribution < -0.4 is 5.32 Å². The standard InChI is InChI=1S/C18H25N3/c1-14(16-6-2-5-15(11-16)12-19)21-10-4-7-17(13-21)18-8-3-9-20-18/h2,5-6,11,14,17-18,20H,3-4,7-10,13H2,1H3. The lowest BCUT2D eigenvalue weighted by Gasteiger charge is -2.39. The molecule has 0 aromatic heterocycles. The van der Waals surface area contributed by atoms with Crippen LogP contribution in [0.15, 0.2) is 24.3 Å². The van der Waals surface area contributed by atoms with Gasteiger partial charge in [0.1, 0.15) is 0 Å². The van der Waals surface area contributed by atoms with Crippen LogP contribution in [0.5, 0.6) is 0 Å². The van der Waals surface area contributed by atoms with Gasteiger partial charge in [-0.1, -0.05) is 12.1 Å². The lowest BCUT2D eigenvalue weighted by atomic mass is 9.88. The molecule has 2 fully saturated rings. The van der Waals surface area contributed by atoms with E-state index >= 15 is 0 Å². The summed E-state index contributed by atoms with van der Waals surface area (Å²) < 4.78 is 0. The Bertz CT molecular complexity index is 513. The maximum absolute atomic E-state index is 9.07. The zero-order valence-corrected chi connectivity index (χ0v) is 12.9. The summed E-state index contributed by atoms with van der Waals surface area (Å²) in [4.78, 5) is 2.60. The van der Waals surface area contributed by atoms with Crippen molar-refractivity contribution in [2.24, 2.45) is 5.92 Å². The summed E-state index contributed by atoms with van der Waals surface area (Å²) in [6.45, 7) is 5.85. The minimum Gasteiger partial charge on any atom is -0.314 e. The molecule has 3 heteroatoms. The van der Waals surface area contributed by atoms with E-state index in [2.05, 4.69) is 29.3 Å². The monoisotopic (exact) mass is 283 g/mol. The lowest BCUT2D eigenvalue weighted by Crippen LogP contribution is -2.44. The molecule has 1 aromatic rings. The fourth-order valence-corrected chi connectivity index (χ4v) is 3.91. The van der Waals surface area contributed by atoms with Crippen LogP contribution in [0.25, 0.3) is 0 Å². The van der Waals surface area contributed by atoms with Gasteiger partial charge in [-0.05, 0) is 69.3 Å². The number of benzene rings is 1. The second-order valence-corrected chi connectivity index (χ2v) is 6.51. The molecular weight excluding hydrogens is 258 g/mol. The van der Waals surface area contributed by atoms with Gasteiger partial charge in [0.2, 0.25) is 0 Å². The van der Waals surface area contributed by atoms with E-state index in [9.17, 15) is 0 Å². The van der Waals surface area contributed by atoms with Gasteiger partial charge in [0.15, 0.2) is 0 Å². The van der Waals surface area contributed by atoms with Gasteiger partial charge in [-0.25, -0.2) is 0 Å². The van der Waals surface area contributed by atoms with E-state index < -0.39 is 0 Å². The number of hydrogen-bond acceptors (Lipinski definition) is 3. The molecule has 1 N–H and O–H groups in total. The summed E-state index contributed by atoms with van der Waals surface area (Å²) in [6, 6.07) is 11.5. The van der Waals surface area contributed by atoms with Gasteiger partial charge < -0.3 is 5.32 Å². The minimum atomic E-state index is 0.405.